The van der Waals surface area contributed by atoms with Gasteiger partial charge in [0.15, 0.2) is 21.3 Å². The van der Waals surface area contributed by atoms with Gasteiger partial charge in [-0.1, -0.05) is 31.2 Å². The van der Waals surface area contributed by atoms with Crippen LogP contribution in [-0.4, -0.2) is 27.9 Å². The largest absolute Gasteiger partial charge is 0.486 e. The van der Waals surface area contributed by atoms with Gasteiger partial charge in [0.05, 0.1) is 4.90 Å². The first-order chi connectivity index (χ1) is 13.4. The highest BCUT2D eigenvalue weighted by atomic mass is 32.2. The van der Waals surface area contributed by atoms with Crippen LogP contribution in [0.1, 0.15) is 55.6 Å². The molecule has 1 fully saturated rings. The lowest BCUT2D eigenvalue weighted by atomic mass is 9.87. The summed E-state index contributed by atoms with van der Waals surface area (Å²) in [6, 6.07) is 13.7. The van der Waals surface area contributed by atoms with Crippen molar-refractivity contribution < 1.29 is 17.9 Å². The molecular weight excluding hydrogens is 372 g/mol. The molecule has 0 radical (unpaired) electrons. The van der Waals surface area contributed by atoms with Crippen molar-refractivity contribution in [1.82, 2.24) is 0 Å². The van der Waals surface area contributed by atoms with Gasteiger partial charge in [0.1, 0.15) is 13.2 Å². The van der Waals surface area contributed by atoms with E-state index in [0.29, 0.717) is 35.9 Å². The highest BCUT2D eigenvalue weighted by molar-refractivity contribution is 7.90. The molecule has 0 amide bonds. The van der Waals surface area contributed by atoms with Crippen molar-refractivity contribution in [3.63, 3.8) is 0 Å². The van der Waals surface area contributed by atoms with Crippen molar-refractivity contribution in [2.75, 3.05) is 19.5 Å². The van der Waals surface area contributed by atoms with Crippen molar-refractivity contribution in [1.29, 1.82) is 0 Å². The van der Waals surface area contributed by atoms with Gasteiger partial charge in [0.25, 0.3) is 0 Å². The molecule has 2 aliphatic rings. The molecule has 0 N–H and O–H groups in total. The number of hydrogen-bond acceptors (Lipinski definition) is 4. The lowest BCUT2D eigenvalue weighted by molar-refractivity contribution is 0.169. The number of ether oxygens (including phenoxy) is 2. The van der Waals surface area contributed by atoms with Crippen LogP contribution in [0, 0.1) is 5.92 Å². The lowest BCUT2D eigenvalue weighted by Crippen LogP contribution is -2.17. The molecule has 1 heterocycles. The molecule has 3 atom stereocenters. The fourth-order valence-electron chi connectivity index (χ4n) is 4.69. The fourth-order valence-corrected chi connectivity index (χ4v) is 5.32. The van der Waals surface area contributed by atoms with E-state index in [1.54, 1.807) is 12.1 Å². The molecule has 1 aliphatic carbocycles. The second kappa shape index (κ2) is 7.78. The predicted octanol–water partition coefficient (Wildman–Crippen LogP) is 4.94. The molecule has 4 nitrogen and oxygen atoms in total. The van der Waals surface area contributed by atoms with E-state index in [-0.39, 0.29) is 0 Å². The number of rotatable bonds is 5. The van der Waals surface area contributed by atoms with E-state index in [9.17, 15) is 8.42 Å². The molecule has 1 unspecified atom stereocenters. The van der Waals surface area contributed by atoms with E-state index in [0.717, 1.165) is 24.3 Å². The Hall–Kier alpha value is -2.01. The third-order valence-corrected chi connectivity index (χ3v) is 7.26. The SMILES string of the molecule is C[C@@H](CC1CC[C@H](c2ccc(S(C)(=O)=O)cc2)C1)c1cccc2c1OCCO2. The van der Waals surface area contributed by atoms with Crippen molar-refractivity contribution >= 4 is 9.84 Å². The Balaban J connectivity index is 1.41. The third kappa shape index (κ3) is 4.04. The van der Waals surface area contributed by atoms with Crippen LogP contribution in [0.5, 0.6) is 11.5 Å². The van der Waals surface area contributed by atoms with Crippen LogP contribution in [0.3, 0.4) is 0 Å². The Kier molecular flexibility index (Phi) is 5.37. The summed E-state index contributed by atoms with van der Waals surface area (Å²) in [5.74, 6) is 3.41. The number of para-hydroxylation sites is 1. The first kappa shape index (κ1) is 19.3. The van der Waals surface area contributed by atoms with Crippen LogP contribution in [0.25, 0.3) is 0 Å². The Labute approximate surface area is 167 Å². The summed E-state index contributed by atoms with van der Waals surface area (Å²) < 4.78 is 34.9. The van der Waals surface area contributed by atoms with Gasteiger partial charge in [-0.25, -0.2) is 8.42 Å². The smallest absolute Gasteiger partial charge is 0.175 e. The van der Waals surface area contributed by atoms with E-state index in [1.165, 1.54) is 30.2 Å². The van der Waals surface area contributed by atoms with E-state index < -0.39 is 9.84 Å². The van der Waals surface area contributed by atoms with Crippen LogP contribution in [-0.2, 0) is 9.84 Å². The molecule has 1 saturated carbocycles. The molecular formula is C23H28O4S. The minimum atomic E-state index is -3.13. The Bertz CT molecular complexity index is 934. The number of fused-ring (bicyclic) bond motifs is 1. The topological polar surface area (TPSA) is 52.6 Å². The predicted molar refractivity (Wildman–Crippen MR) is 110 cm³/mol. The van der Waals surface area contributed by atoms with Crippen LogP contribution in [0.4, 0.5) is 0 Å². The van der Waals surface area contributed by atoms with Gasteiger partial charge < -0.3 is 9.47 Å². The minimum Gasteiger partial charge on any atom is -0.486 e. The fraction of sp³-hybridized carbons (Fsp3) is 0.478. The zero-order chi connectivity index (χ0) is 19.7. The van der Waals surface area contributed by atoms with Crippen molar-refractivity contribution in [2.24, 2.45) is 5.92 Å². The molecule has 5 heteroatoms. The van der Waals surface area contributed by atoms with Crippen molar-refractivity contribution in [3.8, 4) is 11.5 Å². The van der Waals surface area contributed by atoms with Gasteiger partial charge >= 0.3 is 0 Å². The molecule has 2 aromatic rings. The second-order valence-electron chi connectivity index (χ2n) is 8.23. The summed E-state index contributed by atoms with van der Waals surface area (Å²) in [6.45, 7) is 3.51. The summed E-state index contributed by atoms with van der Waals surface area (Å²) in [6.07, 6.45) is 5.94. The van der Waals surface area contributed by atoms with Gasteiger partial charge in [-0.2, -0.15) is 0 Å². The quantitative estimate of drug-likeness (QED) is 0.713. The molecule has 28 heavy (non-hydrogen) atoms. The van der Waals surface area contributed by atoms with Gasteiger partial charge in [-0.05, 0) is 67.2 Å². The maximum atomic E-state index is 11.7. The maximum absolute atomic E-state index is 11.7. The molecule has 0 bridgehead atoms. The van der Waals surface area contributed by atoms with Gasteiger partial charge in [-0.3, -0.25) is 0 Å². The standard InChI is InChI=1S/C23H28O4S/c1-16(21-4-3-5-22-23(21)27-13-12-26-22)14-17-6-7-19(15-17)18-8-10-20(11-9-18)28(2,24)25/h3-5,8-11,16-17,19H,6-7,12-15H2,1-2H3/t16-,17?,19-/m0/s1. The van der Waals surface area contributed by atoms with Crippen molar-refractivity contribution in [3.05, 3.63) is 53.6 Å². The van der Waals surface area contributed by atoms with Gasteiger partial charge in [0, 0.05) is 11.8 Å². The van der Waals surface area contributed by atoms with Crippen LogP contribution < -0.4 is 9.47 Å². The summed E-state index contributed by atoms with van der Waals surface area (Å²) in [5.41, 5.74) is 2.51. The monoisotopic (exact) mass is 400 g/mol. The van der Waals surface area contributed by atoms with E-state index in [4.69, 9.17) is 9.47 Å². The normalized spacial score (nSPS) is 22.8. The number of sulfone groups is 1. The molecule has 4 rings (SSSR count). The molecule has 0 spiro atoms. The third-order valence-electron chi connectivity index (χ3n) is 6.14. The Morgan fingerprint density at radius 1 is 1.04 bits per heavy atom. The second-order valence-corrected chi connectivity index (χ2v) is 10.2. The molecule has 150 valence electrons. The summed E-state index contributed by atoms with van der Waals surface area (Å²) in [7, 11) is -3.13. The van der Waals surface area contributed by atoms with Crippen molar-refractivity contribution in [2.45, 2.75) is 49.3 Å². The molecule has 1 aliphatic heterocycles. The number of hydrogen-bond donors (Lipinski definition) is 0. The first-order valence-corrected chi connectivity index (χ1v) is 12.0. The van der Waals surface area contributed by atoms with Gasteiger partial charge in [0.2, 0.25) is 0 Å². The number of benzene rings is 2. The summed E-state index contributed by atoms with van der Waals surface area (Å²) in [4.78, 5) is 0.399. The van der Waals surface area contributed by atoms with Gasteiger partial charge in [-0.15, -0.1) is 0 Å². The average molecular weight is 401 g/mol. The first-order valence-electron chi connectivity index (χ1n) is 10.1. The lowest BCUT2D eigenvalue weighted by Gasteiger charge is -2.25. The zero-order valence-electron chi connectivity index (χ0n) is 16.6. The van der Waals surface area contributed by atoms with Crippen LogP contribution >= 0.6 is 0 Å². The zero-order valence-corrected chi connectivity index (χ0v) is 17.4. The highest BCUT2D eigenvalue weighted by Gasteiger charge is 2.29. The molecule has 2 aromatic carbocycles. The minimum absolute atomic E-state index is 0.399. The van der Waals surface area contributed by atoms with Crippen LogP contribution in [0.2, 0.25) is 0 Å². The maximum Gasteiger partial charge on any atom is 0.175 e. The van der Waals surface area contributed by atoms with E-state index >= 15 is 0 Å². The Morgan fingerprint density at radius 3 is 2.54 bits per heavy atom. The summed E-state index contributed by atoms with van der Waals surface area (Å²) >= 11 is 0. The molecule has 0 saturated heterocycles. The van der Waals surface area contributed by atoms with Crippen LogP contribution in [0.15, 0.2) is 47.4 Å². The highest BCUT2D eigenvalue weighted by Crippen LogP contribution is 2.45. The van der Waals surface area contributed by atoms with E-state index in [2.05, 4.69) is 19.1 Å². The Morgan fingerprint density at radius 2 is 1.79 bits per heavy atom. The van der Waals surface area contributed by atoms with E-state index in [1.807, 2.05) is 18.2 Å². The molecule has 0 aromatic heterocycles. The summed E-state index contributed by atoms with van der Waals surface area (Å²) in [5, 5.41) is 0. The average Bonchev–Trinajstić information content (AvgIpc) is 3.15.